The first-order valence-corrected chi connectivity index (χ1v) is 12.5. The van der Waals surface area contributed by atoms with E-state index in [-0.39, 0.29) is 5.78 Å². The molecule has 0 fully saturated rings. The summed E-state index contributed by atoms with van der Waals surface area (Å²) in [4.78, 5) is 15.3. The summed E-state index contributed by atoms with van der Waals surface area (Å²) in [7, 11) is 5.41. The first-order valence-electron chi connectivity index (χ1n) is 12.5. The number of H-pyrrole nitrogens is 1. The average Bonchev–Trinajstić information content (AvgIpc) is 3.55. The van der Waals surface area contributed by atoms with E-state index < -0.39 is 0 Å². The van der Waals surface area contributed by atoms with Crippen molar-refractivity contribution in [1.29, 1.82) is 0 Å². The number of aryl methyl sites for hydroxylation is 1. The highest BCUT2D eigenvalue weighted by atomic mass is 16.5. The van der Waals surface area contributed by atoms with Crippen molar-refractivity contribution in [3.8, 4) is 45.0 Å². The normalized spacial score (nSPS) is 11.3. The largest absolute Gasteiger partial charge is 0.497 e. The maximum absolute atomic E-state index is 12.0. The van der Waals surface area contributed by atoms with E-state index in [1.807, 2.05) is 48.7 Å². The molecule has 1 N–H and O–H groups in total. The van der Waals surface area contributed by atoms with Crippen molar-refractivity contribution in [2.75, 3.05) is 14.2 Å². The van der Waals surface area contributed by atoms with Crippen LogP contribution in [0.4, 0.5) is 0 Å². The first kappa shape index (κ1) is 23.6. The highest BCUT2D eigenvalue weighted by molar-refractivity contribution is 6.08. The lowest BCUT2D eigenvalue weighted by atomic mass is 9.94. The Hall–Kier alpha value is -4.77. The van der Waals surface area contributed by atoms with Gasteiger partial charge in [0.1, 0.15) is 11.5 Å². The number of nitrogens with zero attached hydrogens (tertiary/aromatic N) is 1. The third kappa shape index (κ3) is 3.84. The van der Waals surface area contributed by atoms with Gasteiger partial charge in [0, 0.05) is 57.8 Å². The van der Waals surface area contributed by atoms with Gasteiger partial charge in [0.15, 0.2) is 5.78 Å². The van der Waals surface area contributed by atoms with Crippen LogP contribution in [0.15, 0.2) is 91.1 Å². The van der Waals surface area contributed by atoms with E-state index in [0.717, 1.165) is 55.9 Å². The molecule has 5 nitrogen and oxygen atoms in total. The maximum atomic E-state index is 12.0. The third-order valence-electron chi connectivity index (χ3n) is 7.31. The van der Waals surface area contributed by atoms with E-state index in [0.29, 0.717) is 5.56 Å². The number of hydrogen-bond acceptors (Lipinski definition) is 3. The Kier molecular flexibility index (Phi) is 5.76. The standard InChI is InChI=1S/C33H28N2O3/c1-20(36)21-8-10-22(11-9-21)32-29-18-23(27-6-5-7-30-28(27)14-15-34-30)12-13-31(29)35(2)33(32)24-16-25(37-3)19-26(17-24)38-4/h5-19,34H,1-4H3. The number of nitrogens with one attached hydrogen (secondary N) is 1. The van der Waals surface area contributed by atoms with E-state index in [1.165, 1.54) is 10.9 Å². The lowest BCUT2D eigenvalue weighted by Gasteiger charge is -2.13. The summed E-state index contributed by atoms with van der Waals surface area (Å²) >= 11 is 0. The van der Waals surface area contributed by atoms with Gasteiger partial charge in [-0.2, -0.15) is 0 Å². The number of methoxy groups -OCH3 is 2. The van der Waals surface area contributed by atoms with E-state index in [9.17, 15) is 4.79 Å². The molecule has 5 heteroatoms. The minimum absolute atomic E-state index is 0.0501. The maximum Gasteiger partial charge on any atom is 0.159 e. The Morgan fingerprint density at radius 1 is 0.763 bits per heavy atom. The topological polar surface area (TPSA) is 56.2 Å². The molecule has 0 unspecified atom stereocenters. The van der Waals surface area contributed by atoms with E-state index in [1.54, 1.807) is 21.1 Å². The van der Waals surface area contributed by atoms with Gasteiger partial charge in [-0.15, -0.1) is 0 Å². The SMILES string of the molecule is COc1cc(OC)cc(-c2c(-c3ccc(C(C)=O)cc3)c3cc(-c4cccc5[nH]ccc45)ccc3n2C)c1. The van der Waals surface area contributed by atoms with Crippen molar-refractivity contribution >= 4 is 27.6 Å². The lowest BCUT2D eigenvalue weighted by molar-refractivity contribution is 0.101. The number of fused-ring (bicyclic) bond motifs is 2. The van der Waals surface area contributed by atoms with Gasteiger partial charge in [0.2, 0.25) is 0 Å². The number of aromatic nitrogens is 2. The zero-order valence-corrected chi connectivity index (χ0v) is 21.8. The number of hydrogen-bond donors (Lipinski definition) is 1. The van der Waals surface area contributed by atoms with Gasteiger partial charge < -0.3 is 19.0 Å². The predicted molar refractivity (Wildman–Crippen MR) is 154 cm³/mol. The predicted octanol–water partition coefficient (Wildman–Crippen LogP) is 7.88. The molecule has 0 bridgehead atoms. The van der Waals surface area contributed by atoms with Crippen LogP contribution in [0.5, 0.6) is 11.5 Å². The van der Waals surface area contributed by atoms with Crippen LogP contribution in [0.3, 0.4) is 0 Å². The number of aromatic amines is 1. The fourth-order valence-corrected chi connectivity index (χ4v) is 5.40. The molecule has 4 aromatic carbocycles. The van der Waals surface area contributed by atoms with Crippen molar-refractivity contribution < 1.29 is 14.3 Å². The van der Waals surface area contributed by atoms with Crippen LogP contribution >= 0.6 is 0 Å². The van der Waals surface area contributed by atoms with Crippen LogP contribution in [0.25, 0.3) is 55.3 Å². The summed E-state index contributed by atoms with van der Waals surface area (Å²) in [6.07, 6.45) is 1.98. The van der Waals surface area contributed by atoms with Crippen molar-refractivity contribution in [2.45, 2.75) is 6.92 Å². The summed E-state index contributed by atoms with van der Waals surface area (Å²) in [6, 6.07) is 28.9. The molecular formula is C33H28N2O3. The summed E-state index contributed by atoms with van der Waals surface area (Å²) < 4.78 is 13.4. The zero-order chi connectivity index (χ0) is 26.4. The van der Waals surface area contributed by atoms with Crippen molar-refractivity contribution in [1.82, 2.24) is 9.55 Å². The molecule has 0 aliphatic carbocycles. The highest BCUT2D eigenvalue weighted by Crippen LogP contribution is 2.44. The second-order valence-corrected chi connectivity index (χ2v) is 9.49. The number of rotatable bonds is 6. The van der Waals surface area contributed by atoms with E-state index in [2.05, 4.69) is 59.1 Å². The average molecular weight is 501 g/mol. The molecule has 0 amide bonds. The van der Waals surface area contributed by atoms with Crippen LogP contribution in [-0.2, 0) is 7.05 Å². The Bertz CT molecular complexity index is 1800. The molecule has 2 heterocycles. The van der Waals surface area contributed by atoms with Gasteiger partial charge >= 0.3 is 0 Å². The lowest BCUT2D eigenvalue weighted by Crippen LogP contribution is -1.95. The third-order valence-corrected chi connectivity index (χ3v) is 7.31. The van der Waals surface area contributed by atoms with Crippen LogP contribution in [0.2, 0.25) is 0 Å². The Balaban J connectivity index is 1.66. The molecular weight excluding hydrogens is 472 g/mol. The number of carbonyl (C=O) groups is 1. The summed E-state index contributed by atoms with van der Waals surface area (Å²) in [5.74, 6) is 1.50. The molecule has 0 spiro atoms. The molecule has 0 saturated carbocycles. The minimum Gasteiger partial charge on any atom is -0.497 e. The highest BCUT2D eigenvalue weighted by Gasteiger charge is 2.21. The first-order chi connectivity index (χ1) is 18.5. The molecule has 0 saturated heterocycles. The van der Waals surface area contributed by atoms with Crippen molar-refractivity contribution in [2.24, 2.45) is 7.05 Å². The second kappa shape index (κ2) is 9.27. The smallest absolute Gasteiger partial charge is 0.159 e. The van der Waals surface area contributed by atoms with E-state index >= 15 is 0 Å². The Morgan fingerprint density at radius 2 is 1.47 bits per heavy atom. The van der Waals surface area contributed by atoms with Gasteiger partial charge in [-0.05, 0) is 60.0 Å². The molecule has 188 valence electrons. The van der Waals surface area contributed by atoms with Crippen LogP contribution < -0.4 is 9.47 Å². The molecule has 0 aliphatic rings. The number of ether oxygens (including phenoxy) is 2. The fourth-order valence-electron chi connectivity index (χ4n) is 5.40. The molecule has 0 atom stereocenters. The summed E-state index contributed by atoms with van der Waals surface area (Å²) in [5, 5.41) is 2.32. The van der Waals surface area contributed by atoms with Crippen molar-refractivity contribution in [3.05, 3.63) is 96.7 Å². The molecule has 0 aliphatic heterocycles. The molecule has 2 aromatic heterocycles. The van der Waals surface area contributed by atoms with Gasteiger partial charge in [0.25, 0.3) is 0 Å². The van der Waals surface area contributed by atoms with Gasteiger partial charge in [-0.1, -0.05) is 42.5 Å². The second-order valence-electron chi connectivity index (χ2n) is 9.49. The molecule has 0 radical (unpaired) electrons. The van der Waals surface area contributed by atoms with Crippen LogP contribution in [0.1, 0.15) is 17.3 Å². The van der Waals surface area contributed by atoms with Gasteiger partial charge in [-0.3, -0.25) is 4.79 Å². The zero-order valence-electron chi connectivity index (χ0n) is 21.8. The minimum atomic E-state index is 0.0501. The number of carbonyl (C=O) groups excluding carboxylic acids is 1. The molecule has 6 aromatic rings. The fraction of sp³-hybridized carbons (Fsp3) is 0.121. The molecule has 6 rings (SSSR count). The Labute approximate surface area is 221 Å². The van der Waals surface area contributed by atoms with Gasteiger partial charge in [0.05, 0.1) is 19.9 Å². The number of ketones is 1. The van der Waals surface area contributed by atoms with Crippen molar-refractivity contribution in [3.63, 3.8) is 0 Å². The summed E-state index contributed by atoms with van der Waals surface area (Å²) in [6.45, 7) is 1.59. The van der Waals surface area contributed by atoms with Crippen LogP contribution in [-0.4, -0.2) is 29.6 Å². The monoisotopic (exact) mass is 500 g/mol. The van der Waals surface area contributed by atoms with E-state index in [4.69, 9.17) is 9.47 Å². The molecule has 38 heavy (non-hydrogen) atoms. The number of benzene rings is 4. The quantitative estimate of drug-likeness (QED) is 0.237. The number of Topliss-reactive ketones (excluding diaryl/α,β-unsaturated/α-hetero) is 1. The van der Waals surface area contributed by atoms with Crippen LogP contribution in [0, 0.1) is 0 Å². The Morgan fingerprint density at radius 3 is 2.16 bits per heavy atom. The van der Waals surface area contributed by atoms with Gasteiger partial charge in [-0.25, -0.2) is 0 Å². The summed E-state index contributed by atoms with van der Waals surface area (Å²) in [5.41, 5.74) is 9.40.